The number of aliphatic hydroxyl groups is 5. The first-order valence-electron chi connectivity index (χ1n) is 26.0. The summed E-state index contributed by atoms with van der Waals surface area (Å²) in [4.78, 5) is 32.5. The summed E-state index contributed by atoms with van der Waals surface area (Å²) in [5.74, 6) is -1.97. The van der Waals surface area contributed by atoms with E-state index in [1.54, 1.807) is 45.2 Å². The van der Waals surface area contributed by atoms with Gasteiger partial charge in [0.1, 0.15) is 17.8 Å². The summed E-state index contributed by atoms with van der Waals surface area (Å²) in [5, 5.41) is 64.0. The third kappa shape index (κ3) is 24.0. The van der Waals surface area contributed by atoms with Crippen LogP contribution in [0.1, 0.15) is 135 Å². The molecule has 14 atom stereocenters. The molecule has 0 aliphatic carbocycles. The number of nitrogens with zero attached hydrogens (tertiary/aromatic N) is 2. The highest BCUT2D eigenvalue weighted by Gasteiger charge is 2.46. The van der Waals surface area contributed by atoms with Crippen LogP contribution in [0.3, 0.4) is 0 Å². The van der Waals surface area contributed by atoms with E-state index in [0.29, 0.717) is 37.4 Å². The summed E-state index contributed by atoms with van der Waals surface area (Å²) in [5.41, 5.74) is -1.67. The molecule has 1 aromatic heterocycles. The van der Waals surface area contributed by atoms with Crippen LogP contribution in [0.4, 0.5) is 5.69 Å². The van der Waals surface area contributed by atoms with Crippen LogP contribution in [0.5, 0.6) is 0 Å². The van der Waals surface area contributed by atoms with Gasteiger partial charge < -0.3 is 70.1 Å². The largest absolute Gasteiger partial charge is 0.459 e. The molecular formula is C53H98ClN5O12. The monoisotopic (exact) mass is 1030 g/mol. The minimum atomic E-state index is -1.70. The number of rotatable bonds is 28. The summed E-state index contributed by atoms with van der Waals surface area (Å²) in [6.45, 7) is 27.4. The number of hydrogen-bond donors (Lipinski definition) is 8. The van der Waals surface area contributed by atoms with E-state index in [4.69, 9.17) is 40.4 Å². The number of amides is 1. The van der Waals surface area contributed by atoms with Crippen molar-refractivity contribution >= 4 is 40.1 Å². The van der Waals surface area contributed by atoms with Crippen LogP contribution >= 0.6 is 11.6 Å². The molecule has 0 radical (unpaired) electrons. The topological polar surface area (TPSA) is 234 Å². The first-order chi connectivity index (χ1) is 33.4. The quantitative estimate of drug-likeness (QED) is 0.0327. The third-order valence-electron chi connectivity index (χ3n) is 12.5. The van der Waals surface area contributed by atoms with Crippen molar-refractivity contribution in [3.63, 3.8) is 0 Å². The van der Waals surface area contributed by atoms with E-state index in [-0.39, 0.29) is 62.2 Å². The molecule has 3 rings (SSSR count). The number of carbonyl (C=O) groups excluding carboxylic acids is 2. The van der Waals surface area contributed by atoms with Gasteiger partial charge in [-0.05, 0) is 138 Å². The lowest BCUT2D eigenvalue weighted by Gasteiger charge is -2.46. The summed E-state index contributed by atoms with van der Waals surface area (Å²) in [7, 11) is 5.73. The highest BCUT2D eigenvalue weighted by molar-refractivity contribution is 6.31. The molecular weight excluding hydrogens is 934 g/mol. The van der Waals surface area contributed by atoms with Crippen molar-refractivity contribution in [2.75, 3.05) is 59.3 Å². The Hall–Kier alpha value is -2.78. The van der Waals surface area contributed by atoms with Gasteiger partial charge in [0.25, 0.3) is 0 Å². The molecule has 1 aliphatic rings. The van der Waals surface area contributed by atoms with E-state index in [0.717, 1.165) is 29.6 Å². The minimum Gasteiger partial charge on any atom is -0.459 e. The maximum Gasteiger partial charge on any atom is 0.311 e. The van der Waals surface area contributed by atoms with Crippen LogP contribution in [-0.4, -0.2) is 174 Å². The van der Waals surface area contributed by atoms with Crippen LogP contribution in [0.2, 0.25) is 5.02 Å². The highest BCUT2D eigenvalue weighted by atomic mass is 35.5. The molecule has 1 aromatic carbocycles. The van der Waals surface area contributed by atoms with Crippen molar-refractivity contribution in [2.24, 2.45) is 11.8 Å². The van der Waals surface area contributed by atoms with Crippen molar-refractivity contribution < 1.29 is 58.8 Å². The number of ether oxygens (including phenoxy) is 5. The second-order valence-corrected chi connectivity index (χ2v) is 19.4. The number of carbonyl (C=O) groups is 2. The molecule has 0 spiro atoms. The van der Waals surface area contributed by atoms with Gasteiger partial charge >= 0.3 is 5.97 Å². The number of nitrogens with one attached hydrogen (secondary N) is 3. The van der Waals surface area contributed by atoms with E-state index in [9.17, 15) is 30.0 Å². The fourth-order valence-corrected chi connectivity index (χ4v) is 8.05. The Balaban J connectivity index is 0.00000334. The second-order valence-electron chi connectivity index (χ2n) is 19.0. The maximum absolute atomic E-state index is 13.3. The van der Waals surface area contributed by atoms with Crippen molar-refractivity contribution in [1.82, 2.24) is 20.5 Å². The molecule has 1 amide bonds. The van der Waals surface area contributed by atoms with Crippen molar-refractivity contribution in [1.29, 1.82) is 0 Å². The van der Waals surface area contributed by atoms with Crippen LogP contribution in [0.15, 0.2) is 30.5 Å². The zero-order valence-electron chi connectivity index (χ0n) is 46.5. The van der Waals surface area contributed by atoms with Gasteiger partial charge in [0.15, 0.2) is 6.29 Å². The number of halogens is 1. The molecule has 18 heteroatoms. The second kappa shape index (κ2) is 35.4. The van der Waals surface area contributed by atoms with E-state index in [2.05, 4.69) is 27.9 Å². The molecule has 1 aliphatic heterocycles. The molecule has 1 saturated heterocycles. The highest BCUT2D eigenvalue weighted by Crippen LogP contribution is 2.34. The number of pyridine rings is 1. The number of aliphatic hydroxyl groups excluding tert-OH is 3. The number of hydrogen-bond acceptors (Lipinski definition) is 16. The summed E-state index contributed by atoms with van der Waals surface area (Å²) in [6, 6.07) is 7.09. The predicted molar refractivity (Wildman–Crippen MR) is 285 cm³/mol. The van der Waals surface area contributed by atoms with E-state index in [1.165, 1.54) is 20.8 Å². The van der Waals surface area contributed by atoms with Crippen molar-refractivity contribution in [3.05, 3.63) is 35.5 Å². The first-order valence-corrected chi connectivity index (χ1v) is 26.4. The number of aromatic nitrogens is 1. The molecule has 2 heterocycles. The Labute approximate surface area is 432 Å². The Bertz CT molecular complexity index is 1740. The van der Waals surface area contributed by atoms with Crippen LogP contribution in [0, 0.1) is 11.8 Å². The van der Waals surface area contributed by atoms with Crippen molar-refractivity contribution in [3.8, 4) is 0 Å². The SMILES string of the molecule is CC.CC.CCCOC(C)[C@@H](C)O.CC[C@@H](OC(=O)C(C)[C@@H](O)C[C@@H](OC1OC(C)CC(N(C)C)[C@H]1OCCCNC(=O)CNc1ccnc2cc(Cl)ccc12)[C@](C)(O)C[C@@H](C)CNC)[C@@](C)(O)C(C)O. The maximum atomic E-state index is 13.3. The van der Waals surface area contributed by atoms with Gasteiger partial charge in [0.2, 0.25) is 5.91 Å². The minimum absolute atomic E-state index is 0.0232. The van der Waals surface area contributed by atoms with Gasteiger partial charge in [0, 0.05) is 54.5 Å². The summed E-state index contributed by atoms with van der Waals surface area (Å²) >= 11 is 6.11. The average molecular weight is 1030 g/mol. The molecule has 1 fully saturated rings. The molecule has 71 heavy (non-hydrogen) atoms. The van der Waals surface area contributed by atoms with Gasteiger partial charge in [-0.15, -0.1) is 0 Å². The zero-order chi connectivity index (χ0) is 54.6. The summed E-state index contributed by atoms with van der Waals surface area (Å²) in [6.07, 6.45) is -2.41. The Morgan fingerprint density at radius 2 is 1.63 bits per heavy atom. The Morgan fingerprint density at radius 3 is 2.20 bits per heavy atom. The number of fused-ring (bicyclic) bond motifs is 1. The lowest BCUT2D eigenvalue weighted by molar-refractivity contribution is -0.298. The van der Waals surface area contributed by atoms with Gasteiger partial charge in [-0.25, -0.2) is 0 Å². The molecule has 8 N–H and O–H groups in total. The molecule has 6 unspecified atom stereocenters. The Morgan fingerprint density at radius 1 is 0.986 bits per heavy atom. The molecule has 0 bridgehead atoms. The first kappa shape index (κ1) is 68.2. The zero-order valence-corrected chi connectivity index (χ0v) is 47.2. The fourth-order valence-electron chi connectivity index (χ4n) is 7.89. The lowest BCUT2D eigenvalue weighted by atomic mass is 9.83. The van der Waals surface area contributed by atoms with E-state index < -0.39 is 59.9 Å². The van der Waals surface area contributed by atoms with Gasteiger partial charge in [-0.1, -0.05) is 60.1 Å². The number of anilines is 1. The van der Waals surface area contributed by atoms with E-state index in [1.807, 2.05) is 80.6 Å². The van der Waals surface area contributed by atoms with Crippen molar-refractivity contribution in [2.45, 2.75) is 208 Å². The normalized spacial score (nSPS) is 21.9. The van der Waals surface area contributed by atoms with Gasteiger partial charge in [-0.3, -0.25) is 14.6 Å². The molecule has 0 saturated carbocycles. The molecule has 17 nitrogen and oxygen atoms in total. The fraction of sp³-hybridized carbons (Fsp3) is 0.792. The molecule has 2 aromatic rings. The van der Waals surface area contributed by atoms with Gasteiger partial charge in [-0.2, -0.15) is 0 Å². The number of benzene rings is 1. The summed E-state index contributed by atoms with van der Waals surface area (Å²) < 4.78 is 30.3. The average Bonchev–Trinajstić information content (AvgIpc) is 3.32. The smallest absolute Gasteiger partial charge is 0.311 e. The number of likely N-dealkylation sites (N-methyl/N-ethyl adjacent to an activating group) is 1. The Kier molecular flexibility index (Phi) is 34.0. The third-order valence-corrected chi connectivity index (χ3v) is 12.7. The van der Waals surface area contributed by atoms with Gasteiger partial charge in [0.05, 0.1) is 60.2 Å². The lowest BCUT2D eigenvalue weighted by Crippen LogP contribution is -2.58. The predicted octanol–water partition coefficient (Wildman–Crippen LogP) is 6.71. The molecule has 414 valence electrons. The standard InChI is InChI=1S/C42H70ClN5O10.C7H16O2.2C2H6/c1-11-35(42(7,54)28(5)49)57-39(52)27(4)34(50)21-36(41(6,53)22-25(2)23-44-8)58-40-38(33(48(9)10)19-26(3)56-40)55-18-12-16-46-37(51)24-47-31-15-17-45-32-20-29(43)13-14-30(31)32;1-4-5-9-7(3)6(2)8;2*1-2/h13-15,17,20,25-28,33-36,38,40,44,49-50,53-54H,11-12,16,18-19,21-24H2,1-10H3,(H,45,47)(H,46,51);6-8H,4-5H2,1-3H3;2*1-2H3/t25-,26?,27?,28?,33?,34+,35-,36-,38-,40?,41-,42+;6-,7?;;/m11../s1. The number of esters is 1. The van der Waals surface area contributed by atoms with Crippen LogP contribution in [-0.2, 0) is 33.3 Å². The van der Waals surface area contributed by atoms with E-state index >= 15 is 0 Å². The van der Waals surface area contributed by atoms with Crippen LogP contribution < -0.4 is 16.0 Å². The van der Waals surface area contributed by atoms with Crippen LogP contribution in [0.25, 0.3) is 10.9 Å².